The smallest absolute Gasteiger partial charge is 0.320 e. The van der Waals surface area contributed by atoms with Crippen LogP contribution in [0.1, 0.15) is 47.0 Å². The molecule has 1 aromatic heterocycles. The van der Waals surface area contributed by atoms with Crippen molar-refractivity contribution in [2.24, 2.45) is 17.3 Å². The zero-order valence-electron chi connectivity index (χ0n) is 15.3. The second-order valence-electron chi connectivity index (χ2n) is 8.14. The van der Waals surface area contributed by atoms with Gasteiger partial charge in [0.2, 0.25) is 0 Å². The van der Waals surface area contributed by atoms with Crippen molar-refractivity contribution in [3.63, 3.8) is 0 Å². The first-order chi connectivity index (χ1) is 11.4. The molecule has 132 valence electrons. The molecule has 1 saturated heterocycles. The van der Waals surface area contributed by atoms with Gasteiger partial charge in [-0.2, -0.15) is 5.10 Å². The average molecular weight is 330 g/mol. The summed E-state index contributed by atoms with van der Waals surface area (Å²) in [6, 6.07) is 2.19. The van der Waals surface area contributed by atoms with Gasteiger partial charge in [-0.15, -0.1) is 0 Å². The van der Waals surface area contributed by atoms with Gasteiger partial charge in [-0.3, -0.25) is 10.00 Å². The molecule has 1 unspecified atom stereocenters. The second-order valence-corrected chi connectivity index (χ2v) is 8.14. The van der Waals surface area contributed by atoms with E-state index in [1.54, 1.807) is 0 Å². The van der Waals surface area contributed by atoms with Gasteiger partial charge in [0.1, 0.15) is 0 Å². The van der Waals surface area contributed by atoms with E-state index in [9.17, 15) is 4.79 Å². The van der Waals surface area contributed by atoms with Crippen molar-refractivity contribution in [3.05, 3.63) is 24.4 Å². The molecule has 5 nitrogen and oxygen atoms in total. The second kappa shape index (κ2) is 6.61. The minimum atomic E-state index is -0.0136. The number of allylic oxidation sites excluding steroid dienone is 2. The molecule has 0 bridgehead atoms. The van der Waals surface area contributed by atoms with Crippen LogP contribution in [0.2, 0.25) is 0 Å². The molecule has 2 amide bonds. The number of hydrogen-bond donors (Lipinski definition) is 1. The van der Waals surface area contributed by atoms with Crippen LogP contribution in [0.25, 0.3) is 0 Å². The van der Waals surface area contributed by atoms with Crippen LogP contribution in [0, 0.1) is 17.3 Å². The van der Waals surface area contributed by atoms with Crippen LogP contribution in [-0.4, -0.2) is 33.3 Å². The first-order valence-corrected chi connectivity index (χ1v) is 9.17. The highest BCUT2D eigenvalue weighted by atomic mass is 16.2. The Morgan fingerprint density at radius 1 is 1.33 bits per heavy atom. The standard InChI is InChI=1S/C19H30N4O/c1-14(2)7-11-22-12-8-16(21-22)20-18(24)23-13-19(9-5-6-10-19)17(23)15(3)4/h5-6,8,12,14-15,17H,7,9-11,13H2,1-4H3,(H,20,21,24). The largest absolute Gasteiger partial charge is 0.323 e. The molecule has 1 fully saturated rings. The third-order valence-corrected chi connectivity index (χ3v) is 5.37. The summed E-state index contributed by atoms with van der Waals surface area (Å²) < 4.78 is 1.91. The number of likely N-dealkylation sites (tertiary alicyclic amines) is 1. The predicted molar refractivity (Wildman–Crippen MR) is 96.8 cm³/mol. The molecule has 24 heavy (non-hydrogen) atoms. The maximum Gasteiger partial charge on any atom is 0.323 e. The van der Waals surface area contributed by atoms with Crippen molar-refractivity contribution in [2.75, 3.05) is 11.9 Å². The van der Waals surface area contributed by atoms with Crippen molar-refractivity contribution in [1.29, 1.82) is 0 Å². The fourth-order valence-corrected chi connectivity index (χ4v) is 4.23. The Kier molecular flexibility index (Phi) is 4.70. The van der Waals surface area contributed by atoms with Gasteiger partial charge in [0.05, 0.1) is 0 Å². The maximum atomic E-state index is 12.7. The number of carbonyl (C=O) groups is 1. The molecule has 1 aliphatic carbocycles. The summed E-state index contributed by atoms with van der Waals surface area (Å²) in [4.78, 5) is 14.7. The Labute approximate surface area is 145 Å². The van der Waals surface area contributed by atoms with E-state index in [4.69, 9.17) is 0 Å². The summed E-state index contributed by atoms with van der Waals surface area (Å²) in [5.41, 5.74) is 0.280. The van der Waals surface area contributed by atoms with E-state index in [1.807, 2.05) is 21.8 Å². The van der Waals surface area contributed by atoms with Gasteiger partial charge >= 0.3 is 6.03 Å². The lowest BCUT2D eigenvalue weighted by atomic mass is 9.65. The summed E-state index contributed by atoms with van der Waals surface area (Å²) in [7, 11) is 0. The molecule has 0 saturated carbocycles. The molecule has 1 aliphatic heterocycles. The first-order valence-electron chi connectivity index (χ1n) is 9.17. The van der Waals surface area contributed by atoms with Crippen LogP contribution in [-0.2, 0) is 6.54 Å². The van der Waals surface area contributed by atoms with E-state index < -0.39 is 0 Å². The summed E-state index contributed by atoms with van der Waals surface area (Å²) in [6.45, 7) is 10.6. The van der Waals surface area contributed by atoms with Crippen LogP contribution >= 0.6 is 0 Å². The van der Waals surface area contributed by atoms with Gasteiger partial charge < -0.3 is 4.90 Å². The van der Waals surface area contributed by atoms with Crippen molar-refractivity contribution < 1.29 is 4.79 Å². The van der Waals surface area contributed by atoms with E-state index in [2.05, 4.69) is 50.3 Å². The van der Waals surface area contributed by atoms with Crippen LogP contribution < -0.4 is 5.32 Å². The number of aryl methyl sites for hydroxylation is 1. The van der Waals surface area contributed by atoms with Crippen molar-refractivity contribution in [3.8, 4) is 0 Å². The van der Waals surface area contributed by atoms with Crippen LogP contribution in [0.5, 0.6) is 0 Å². The molecule has 1 atom stereocenters. The fourth-order valence-electron chi connectivity index (χ4n) is 4.23. The minimum Gasteiger partial charge on any atom is -0.320 e. The van der Waals surface area contributed by atoms with Gasteiger partial charge in [-0.05, 0) is 31.1 Å². The number of nitrogens with zero attached hydrogens (tertiary/aromatic N) is 3. The number of amides is 2. The third kappa shape index (κ3) is 3.21. The minimum absolute atomic E-state index is 0.0136. The van der Waals surface area contributed by atoms with Crippen molar-refractivity contribution in [2.45, 2.75) is 59.5 Å². The highest BCUT2D eigenvalue weighted by molar-refractivity contribution is 5.89. The highest BCUT2D eigenvalue weighted by Gasteiger charge is 2.55. The molecule has 2 heterocycles. The molecule has 1 N–H and O–H groups in total. The Balaban J connectivity index is 1.59. The molecule has 1 aromatic rings. The van der Waals surface area contributed by atoms with E-state index in [0.717, 1.165) is 32.4 Å². The van der Waals surface area contributed by atoms with Crippen LogP contribution in [0.15, 0.2) is 24.4 Å². The Morgan fingerprint density at radius 3 is 2.67 bits per heavy atom. The number of nitrogens with one attached hydrogen (secondary N) is 1. The summed E-state index contributed by atoms with van der Waals surface area (Å²) in [5.74, 6) is 1.76. The van der Waals surface area contributed by atoms with Gasteiger partial charge in [0.25, 0.3) is 0 Å². The number of rotatable bonds is 5. The van der Waals surface area contributed by atoms with Crippen molar-refractivity contribution in [1.82, 2.24) is 14.7 Å². The molecule has 1 spiro atoms. The third-order valence-electron chi connectivity index (χ3n) is 5.37. The zero-order chi connectivity index (χ0) is 17.3. The number of aromatic nitrogens is 2. The van der Waals surface area contributed by atoms with Gasteiger partial charge in [0.15, 0.2) is 5.82 Å². The lowest BCUT2D eigenvalue weighted by molar-refractivity contribution is -0.0538. The topological polar surface area (TPSA) is 50.2 Å². The van der Waals surface area contributed by atoms with Crippen LogP contribution in [0.4, 0.5) is 10.6 Å². The van der Waals surface area contributed by atoms with Crippen LogP contribution in [0.3, 0.4) is 0 Å². The quantitative estimate of drug-likeness (QED) is 0.825. The number of hydrogen-bond acceptors (Lipinski definition) is 2. The highest BCUT2D eigenvalue weighted by Crippen LogP contribution is 2.50. The SMILES string of the molecule is CC(C)CCn1ccc(NC(=O)N2CC3(CC=CC3)C2C(C)C)n1. The van der Waals surface area contributed by atoms with Crippen molar-refractivity contribution >= 4 is 11.8 Å². The summed E-state index contributed by atoms with van der Waals surface area (Å²) in [5, 5.41) is 7.45. The van der Waals surface area contributed by atoms with Gasteiger partial charge in [-0.25, -0.2) is 4.79 Å². The van der Waals surface area contributed by atoms with E-state index in [1.165, 1.54) is 0 Å². The average Bonchev–Trinajstić information content (AvgIpc) is 3.12. The molecule has 3 rings (SSSR count). The zero-order valence-corrected chi connectivity index (χ0v) is 15.3. The number of urea groups is 1. The number of carbonyl (C=O) groups excluding carboxylic acids is 1. The summed E-state index contributed by atoms with van der Waals surface area (Å²) in [6.07, 6.45) is 9.76. The van der Waals surface area contributed by atoms with E-state index in [-0.39, 0.29) is 11.4 Å². The van der Waals surface area contributed by atoms with E-state index in [0.29, 0.717) is 23.7 Å². The van der Waals surface area contributed by atoms with E-state index >= 15 is 0 Å². The molecule has 0 radical (unpaired) electrons. The Morgan fingerprint density at radius 2 is 2.04 bits per heavy atom. The monoisotopic (exact) mass is 330 g/mol. The molecule has 2 aliphatic rings. The number of anilines is 1. The predicted octanol–water partition coefficient (Wildman–Crippen LogP) is 4.14. The Hall–Kier alpha value is -1.78. The van der Waals surface area contributed by atoms with Gasteiger partial charge in [0, 0.05) is 36.8 Å². The Bertz CT molecular complexity index is 609. The lowest BCUT2D eigenvalue weighted by Crippen LogP contribution is -2.68. The first kappa shape index (κ1) is 17.1. The fraction of sp³-hybridized carbons (Fsp3) is 0.684. The maximum absolute atomic E-state index is 12.7. The molecule has 0 aromatic carbocycles. The lowest BCUT2D eigenvalue weighted by Gasteiger charge is -2.58. The molecular formula is C19H30N4O. The molecule has 5 heteroatoms. The molecular weight excluding hydrogens is 300 g/mol. The van der Waals surface area contributed by atoms with Gasteiger partial charge in [-0.1, -0.05) is 39.8 Å². The summed E-state index contributed by atoms with van der Waals surface area (Å²) >= 11 is 0. The normalized spacial score (nSPS) is 21.8.